The number of carboxylic acids is 1. The standard InChI is InChI=1S/C20H24N2O6Si/c1-10(28-29(3,4)5)16-14-9-12(17(19(24)25)22(14)18(16)23)11-6-7-13-15(8-11)27-20(26)21(13)2/h6-8,10,14,16H,9H2,1-5H3,(H,24,25)/t10-,14-,16-/m1/s1. The lowest BCUT2D eigenvalue weighted by atomic mass is 9.82. The molecule has 0 unspecified atom stereocenters. The molecule has 0 spiro atoms. The summed E-state index contributed by atoms with van der Waals surface area (Å²) in [5.41, 5.74) is 2.24. The highest BCUT2D eigenvalue weighted by Gasteiger charge is 2.57. The first-order valence-electron chi connectivity index (χ1n) is 9.57. The summed E-state index contributed by atoms with van der Waals surface area (Å²) in [7, 11) is -0.226. The summed E-state index contributed by atoms with van der Waals surface area (Å²) >= 11 is 0. The number of benzene rings is 1. The first-order chi connectivity index (χ1) is 13.5. The Morgan fingerprint density at radius 2 is 2.00 bits per heavy atom. The lowest BCUT2D eigenvalue weighted by Crippen LogP contribution is -2.63. The van der Waals surface area contributed by atoms with E-state index in [1.807, 2.05) is 6.92 Å². The molecule has 0 radical (unpaired) electrons. The number of aromatic nitrogens is 1. The van der Waals surface area contributed by atoms with Crippen LogP contribution in [0.1, 0.15) is 18.9 Å². The van der Waals surface area contributed by atoms with Crippen molar-refractivity contribution in [2.24, 2.45) is 13.0 Å². The van der Waals surface area contributed by atoms with E-state index < -0.39 is 20.0 Å². The fourth-order valence-corrected chi connectivity index (χ4v) is 5.73. The Labute approximate surface area is 168 Å². The first kappa shape index (κ1) is 19.7. The summed E-state index contributed by atoms with van der Waals surface area (Å²) in [6.45, 7) is 8.08. The molecule has 2 aliphatic heterocycles. The van der Waals surface area contributed by atoms with E-state index in [0.29, 0.717) is 28.7 Å². The number of rotatable bonds is 5. The van der Waals surface area contributed by atoms with Gasteiger partial charge in [0.15, 0.2) is 13.9 Å². The van der Waals surface area contributed by atoms with E-state index in [4.69, 9.17) is 8.84 Å². The largest absolute Gasteiger partial charge is 0.477 e. The van der Waals surface area contributed by atoms with Crippen molar-refractivity contribution in [2.45, 2.75) is 45.1 Å². The van der Waals surface area contributed by atoms with Crippen LogP contribution in [-0.2, 0) is 21.1 Å². The van der Waals surface area contributed by atoms with Gasteiger partial charge in [-0.1, -0.05) is 6.07 Å². The molecule has 9 heteroatoms. The highest BCUT2D eigenvalue weighted by Crippen LogP contribution is 2.47. The molecule has 1 amide bonds. The van der Waals surface area contributed by atoms with Gasteiger partial charge in [0.2, 0.25) is 5.91 Å². The van der Waals surface area contributed by atoms with Gasteiger partial charge in [0, 0.05) is 7.05 Å². The molecule has 2 aromatic rings. The molecule has 154 valence electrons. The van der Waals surface area contributed by atoms with Crippen molar-refractivity contribution >= 4 is 36.9 Å². The van der Waals surface area contributed by atoms with Gasteiger partial charge in [0.1, 0.15) is 5.70 Å². The molecule has 0 saturated carbocycles. The van der Waals surface area contributed by atoms with E-state index in [1.54, 1.807) is 25.2 Å². The van der Waals surface area contributed by atoms with Crippen LogP contribution in [0, 0.1) is 5.92 Å². The number of aliphatic carboxylic acids is 1. The number of aryl methyl sites for hydroxylation is 1. The van der Waals surface area contributed by atoms with Gasteiger partial charge in [-0.15, -0.1) is 0 Å². The Balaban J connectivity index is 1.71. The lowest BCUT2D eigenvalue weighted by molar-refractivity contribution is -0.160. The molecule has 8 nitrogen and oxygen atoms in total. The summed E-state index contributed by atoms with van der Waals surface area (Å²) in [6.07, 6.45) is 0.166. The minimum Gasteiger partial charge on any atom is -0.477 e. The van der Waals surface area contributed by atoms with Crippen LogP contribution in [0.4, 0.5) is 0 Å². The van der Waals surface area contributed by atoms with Crippen LogP contribution >= 0.6 is 0 Å². The average molecular weight is 417 g/mol. The molecule has 0 bridgehead atoms. The number of amides is 1. The molecule has 2 aliphatic rings. The molecule has 1 saturated heterocycles. The smallest absolute Gasteiger partial charge is 0.419 e. The van der Waals surface area contributed by atoms with Crippen LogP contribution in [0.2, 0.25) is 19.6 Å². The first-order valence-corrected chi connectivity index (χ1v) is 13.0. The van der Waals surface area contributed by atoms with Crippen molar-refractivity contribution in [3.8, 4) is 0 Å². The zero-order valence-electron chi connectivity index (χ0n) is 17.1. The number of nitrogens with zero attached hydrogens (tertiary/aromatic N) is 2. The third kappa shape index (κ3) is 3.05. The number of β-lactam (4-membered cyclic amide) rings is 1. The van der Waals surface area contributed by atoms with Gasteiger partial charge in [0.05, 0.1) is 23.6 Å². The molecular weight excluding hydrogens is 392 g/mol. The highest BCUT2D eigenvalue weighted by molar-refractivity contribution is 6.69. The Kier molecular flexibility index (Phi) is 4.36. The van der Waals surface area contributed by atoms with Gasteiger partial charge in [-0.25, -0.2) is 9.59 Å². The summed E-state index contributed by atoms with van der Waals surface area (Å²) in [6, 6.07) is 4.94. The fourth-order valence-electron chi connectivity index (χ4n) is 4.47. The van der Waals surface area contributed by atoms with E-state index in [1.165, 1.54) is 9.47 Å². The zero-order chi connectivity index (χ0) is 21.2. The van der Waals surface area contributed by atoms with E-state index in [0.717, 1.165) is 0 Å². The number of carboxylic acid groups (broad SMARTS) is 1. The molecule has 0 aliphatic carbocycles. The predicted molar refractivity (Wildman–Crippen MR) is 109 cm³/mol. The molecule has 29 heavy (non-hydrogen) atoms. The number of oxazole rings is 1. The lowest BCUT2D eigenvalue weighted by Gasteiger charge is -2.47. The van der Waals surface area contributed by atoms with Gasteiger partial charge < -0.3 is 18.8 Å². The molecule has 3 atom stereocenters. The summed E-state index contributed by atoms with van der Waals surface area (Å²) < 4.78 is 12.7. The average Bonchev–Trinajstić information content (AvgIpc) is 3.08. The van der Waals surface area contributed by atoms with E-state index >= 15 is 0 Å². The molecule has 1 N–H and O–H groups in total. The van der Waals surface area contributed by atoms with Crippen molar-refractivity contribution < 1.29 is 23.5 Å². The second kappa shape index (κ2) is 6.43. The second-order valence-electron chi connectivity index (χ2n) is 8.68. The Morgan fingerprint density at radius 1 is 1.31 bits per heavy atom. The summed E-state index contributed by atoms with van der Waals surface area (Å²) in [5.74, 6) is -2.18. The number of fused-ring (bicyclic) bond motifs is 2. The normalized spacial score (nSPS) is 22.8. The van der Waals surface area contributed by atoms with Crippen LogP contribution < -0.4 is 5.76 Å². The quantitative estimate of drug-likeness (QED) is 0.593. The molecule has 1 fully saturated rings. The van der Waals surface area contributed by atoms with Gasteiger partial charge in [-0.05, 0) is 56.3 Å². The van der Waals surface area contributed by atoms with Crippen molar-refractivity contribution in [3.05, 3.63) is 40.0 Å². The minimum atomic E-state index is -1.84. The summed E-state index contributed by atoms with van der Waals surface area (Å²) in [5, 5.41) is 9.80. The molecule has 4 rings (SSSR count). The number of carbonyl (C=O) groups is 2. The maximum Gasteiger partial charge on any atom is 0.419 e. The van der Waals surface area contributed by atoms with Crippen LogP contribution in [0.15, 0.2) is 33.1 Å². The minimum absolute atomic E-state index is 0.00841. The van der Waals surface area contributed by atoms with E-state index in [9.17, 15) is 19.5 Å². The third-order valence-electron chi connectivity index (χ3n) is 5.60. The third-order valence-corrected chi connectivity index (χ3v) is 6.68. The van der Waals surface area contributed by atoms with Crippen molar-refractivity contribution in [2.75, 3.05) is 0 Å². The van der Waals surface area contributed by atoms with Gasteiger partial charge >= 0.3 is 11.7 Å². The van der Waals surface area contributed by atoms with Crippen LogP contribution in [0.5, 0.6) is 0 Å². The van der Waals surface area contributed by atoms with Crippen LogP contribution in [0.25, 0.3) is 16.7 Å². The van der Waals surface area contributed by atoms with Gasteiger partial charge in [-0.2, -0.15) is 0 Å². The maximum absolute atomic E-state index is 12.8. The number of hydrogen-bond acceptors (Lipinski definition) is 5. The van der Waals surface area contributed by atoms with Crippen molar-refractivity contribution in [1.82, 2.24) is 9.47 Å². The van der Waals surface area contributed by atoms with Crippen LogP contribution in [0.3, 0.4) is 0 Å². The Hall–Kier alpha value is -2.65. The van der Waals surface area contributed by atoms with Crippen molar-refractivity contribution in [3.63, 3.8) is 0 Å². The summed E-state index contributed by atoms with van der Waals surface area (Å²) in [4.78, 5) is 38.0. The second-order valence-corrected chi connectivity index (χ2v) is 13.1. The monoisotopic (exact) mass is 416 g/mol. The Bertz CT molecular complexity index is 1120. The van der Waals surface area contributed by atoms with Gasteiger partial charge in [-0.3, -0.25) is 9.36 Å². The fraction of sp³-hybridized carbons (Fsp3) is 0.450. The molecule has 1 aromatic carbocycles. The number of hydrogen-bond donors (Lipinski definition) is 1. The zero-order valence-corrected chi connectivity index (χ0v) is 18.1. The van der Waals surface area contributed by atoms with Crippen molar-refractivity contribution in [1.29, 1.82) is 0 Å². The molecular formula is C20H24N2O6Si. The SMILES string of the molecule is C[C@@H](O[Si](C)(C)C)[C@H]1C(=O)N2C(C(=O)O)=C(c3ccc4c(c3)oc(=O)n4C)C[C@H]12. The van der Waals surface area contributed by atoms with E-state index in [-0.39, 0.29) is 29.7 Å². The van der Waals surface area contributed by atoms with Crippen LogP contribution in [-0.4, -0.2) is 46.9 Å². The highest BCUT2D eigenvalue weighted by atomic mass is 28.4. The molecule has 1 aromatic heterocycles. The Morgan fingerprint density at radius 3 is 2.62 bits per heavy atom. The topological polar surface area (TPSA) is 102 Å². The van der Waals surface area contributed by atoms with Gasteiger partial charge in [0.25, 0.3) is 0 Å². The predicted octanol–water partition coefficient (Wildman–Crippen LogP) is 2.40. The maximum atomic E-state index is 12.8. The number of carbonyl (C=O) groups excluding carboxylic acids is 1. The molecule has 3 heterocycles. The van der Waals surface area contributed by atoms with E-state index in [2.05, 4.69) is 19.6 Å².